The van der Waals surface area contributed by atoms with Crippen LogP contribution in [0.15, 0.2) is 59.1 Å². The summed E-state index contributed by atoms with van der Waals surface area (Å²) in [6.45, 7) is 0.311. The molecule has 1 unspecified atom stereocenters. The summed E-state index contributed by atoms with van der Waals surface area (Å²) in [5, 5.41) is 6.13. The van der Waals surface area contributed by atoms with E-state index in [1.807, 2.05) is 30.3 Å². The molecule has 3 aromatic rings. The zero-order valence-electron chi connectivity index (χ0n) is 20.0. The number of likely N-dealkylation sites (tertiary alicyclic amines) is 1. The molecular formula is C27H28FN3O5. The van der Waals surface area contributed by atoms with Gasteiger partial charge in [0.25, 0.3) is 5.91 Å². The van der Waals surface area contributed by atoms with Gasteiger partial charge in [-0.3, -0.25) is 9.69 Å². The average molecular weight is 494 g/mol. The molecule has 2 heterocycles. The highest BCUT2D eigenvalue weighted by Crippen LogP contribution is 2.51. The van der Waals surface area contributed by atoms with E-state index in [1.165, 1.54) is 19.2 Å². The standard InChI is InChI=1S/C27H28FN3O5/c1-29-25(32)23-15-20(36-30-23)17-34-26(33)31-13-12-27(10-5-11-27)16-24(31)35-19-8-9-21(22(28)14-19)18-6-3-2-4-7-18/h2-4,6-9,14-15,24H,5,10-13,16-17H2,1H3,(H,29,32). The Hall–Kier alpha value is -3.88. The number of nitrogens with one attached hydrogen (secondary N) is 1. The van der Waals surface area contributed by atoms with Gasteiger partial charge in [0, 0.05) is 37.7 Å². The number of benzene rings is 2. The lowest BCUT2D eigenvalue weighted by molar-refractivity contribution is -0.0774. The highest BCUT2D eigenvalue weighted by Gasteiger charge is 2.46. The van der Waals surface area contributed by atoms with Crippen LogP contribution in [0.25, 0.3) is 11.1 Å². The van der Waals surface area contributed by atoms with Crippen LogP contribution in [0.3, 0.4) is 0 Å². The van der Waals surface area contributed by atoms with Gasteiger partial charge in [-0.2, -0.15) is 0 Å². The first kappa shape index (κ1) is 23.8. The van der Waals surface area contributed by atoms with Crippen LogP contribution in [0.2, 0.25) is 0 Å². The van der Waals surface area contributed by atoms with E-state index in [0.717, 1.165) is 31.2 Å². The van der Waals surface area contributed by atoms with Crippen molar-refractivity contribution in [3.63, 3.8) is 0 Å². The number of rotatable bonds is 6. The maximum Gasteiger partial charge on any atom is 0.413 e. The van der Waals surface area contributed by atoms with Gasteiger partial charge < -0.3 is 19.3 Å². The fraction of sp³-hybridized carbons (Fsp3) is 0.370. The lowest BCUT2D eigenvalue weighted by Crippen LogP contribution is -2.54. The number of halogens is 1. The summed E-state index contributed by atoms with van der Waals surface area (Å²) in [4.78, 5) is 26.2. The van der Waals surface area contributed by atoms with Crippen LogP contribution in [0.5, 0.6) is 5.75 Å². The minimum atomic E-state index is -0.579. The number of ether oxygens (including phenoxy) is 2. The van der Waals surface area contributed by atoms with Gasteiger partial charge in [0.05, 0.1) is 0 Å². The van der Waals surface area contributed by atoms with Crippen molar-refractivity contribution in [1.29, 1.82) is 0 Å². The predicted molar refractivity (Wildman–Crippen MR) is 129 cm³/mol. The lowest BCUT2D eigenvalue weighted by Gasteiger charge is -2.50. The Kier molecular flexibility index (Phi) is 6.63. The lowest BCUT2D eigenvalue weighted by atomic mass is 9.63. The molecule has 8 nitrogen and oxygen atoms in total. The van der Waals surface area contributed by atoms with Crippen molar-refractivity contribution >= 4 is 12.0 Å². The Morgan fingerprint density at radius 2 is 1.97 bits per heavy atom. The number of nitrogens with zero attached hydrogens (tertiary/aromatic N) is 2. The van der Waals surface area contributed by atoms with Crippen molar-refractivity contribution in [2.45, 2.75) is 44.9 Å². The number of carbonyl (C=O) groups excluding carboxylic acids is 2. The number of hydrogen-bond donors (Lipinski definition) is 1. The molecule has 2 aliphatic rings. The van der Waals surface area contributed by atoms with Gasteiger partial charge in [0.15, 0.2) is 24.3 Å². The number of piperidine rings is 1. The van der Waals surface area contributed by atoms with E-state index < -0.39 is 18.2 Å². The number of carbonyl (C=O) groups is 2. The van der Waals surface area contributed by atoms with Gasteiger partial charge in [-0.1, -0.05) is 41.9 Å². The quantitative estimate of drug-likeness (QED) is 0.511. The summed E-state index contributed by atoms with van der Waals surface area (Å²) in [6.07, 6.45) is 3.74. The minimum Gasteiger partial charge on any atom is -0.470 e. The van der Waals surface area contributed by atoms with Crippen LogP contribution in [0, 0.1) is 11.2 Å². The molecule has 9 heteroatoms. The van der Waals surface area contributed by atoms with Crippen LogP contribution >= 0.6 is 0 Å². The molecule has 2 fully saturated rings. The van der Waals surface area contributed by atoms with Crippen LogP contribution in [0.4, 0.5) is 9.18 Å². The van der Waals surface area contributed by atoms with Crippen molar-refractivity contribution < 1.29 is 28.0 Å². The Morgan fingerprint density at radius 1 is 1.17 bits per heavy atom. The Balaban J connectivity index is 1.29. The van der Waals surface area contributed by atoms with Gasteiger partial charge in [-0.05, 0) is 42.4 Å². The molecule has 5 rings (SSSR count). The first-order valence-corrected chi connectivity index (χ1v) is 12.1. The summed E-state index contributed by atoms with van der Waals surface area (Å²) in [6, 6.07) is 15.5. The smallest absolute Gasteiger partial charge is 0.413 e. The Morgan fingerprint density at radius 3 is 2.67 bits per heavy atom. The van der Waals surface area contributed by atoms with Crippen LogP contribution in [0.1, 0.15) is 48.4 Å². The molecule has 1 spiro atoms. The van der Waals surface area contributed by atoms with E-state index in [2.05, 4.69) is 10.5 Å². The summed E-state index contributed by atoms with van der Waals surface area (Å²) in [7, 11) is 1.49. The van der Waals surface area contributed by atoms with E-state index in [-0.39, 0.29) is 29.3 Å². The second-order valence-corrected chi connectivity index (χ2v) is 9.39. The molecule has 1 saturated carbocycles. The number of aromatic nitrogens is 1. The molecule has 0 radical (unpaired) electrons. The van der Waals surface area contributed by atoms with Crippen molar-refractivity contribution in [2.24, 2.45) is 5.41 Å². The zero-order valence-corrected chi connectivity index (χ0v) is 20.0. The first-order chi connectivity index (χ1) is 17.5. The van der Waals surface area contributed by atoms with Crippen LogP contribution in [-0.2, 0) is 11.3 Å². The molecule has 1 saturated heterocycles. The molecule has 1 aromatic heterocycles. The normalized spacial score (nSPS) is 18.4. The molecule has 0 bridgehead atoms. The monoisotopic (exact) mass is 493 g/mol. The highest BCUT2D eigenvalue weighted by atomic mass is 19.1. The van der Waals surface area contributed by atoms with Gasteiger partial charge >= 0.3 is 6.09 Å². The molecule has 1 aliphatic heterocycles. The predicted octanol–water partition coefficient (Wildman–Crippen LogP) is 5.15. The maximum atomic E-state index is 14.9. The molecule has 1 atom stereocenters. The van der Waals surface area contributed by atoms with Gasteiger partial charge in [0.1, 0.15) is 11.6 Å². The average Bonchev–Trinajstić information content (AvgIpc) is 3.35. The summed E-state index contributed by atoms with van der Waals surface area (Å²) in [5.41, 5.74) is 1.53. The van der Waals surface area contributed by atoms with Crippen molar-refractivity contribution in [2.75, 3.05) is 13.6 Å². The number of amides is 2. The molecule has 2 aromatic carbocycles. The SMILES string of the molecule is CNC(=O)c1cc(COC(=O)N2CCC3(CCC3)CC2Oc2ccc(-c3ccccc3)c(F)c2)on1. The minimum absolute atomic E-state index is 0.107. The van der Waals surface area contributed by atoms with E-state index in [4.69, 9.17) is 14.0 Å². The Labute approximate surface area is 208 Å². The van der Waals surface area contributed by atoms with E-state index in [9.17, 15) is 14.0 Å². The largest absolute Gasteiger partial charge is 0.470 e. The van der Waals surface area contributed by atoms with Crippen LogP contribution < -0.4 is 10.1 Å². The molecular weight excluding hydrogens is 465 g/mol. The molecule has 188 valence electrons. The molecule has 1 aliphatic carbocycles. The summed E-state index contributed by atoms with van der Waals surface area (Å²) < 4.78 is 31.7. The van der Waals surface area contributed by atoms with Gasteiger partial charge in [-0.25, -0.2) is 9.18 Å². The third-order valence-corrected chi connectivity index (χ3v) is 7.14. The fourth-order valence-electron chi connectivity index (χ4n) is 4.94. The topological polar surface area (TPSA) is 93.9 Å². The second kappa shape index (κ2) is 10.0. The molecule has 2 amide bonds. The first-order valence-electron chi connectivity index (χ1n) is 12.1. The Bertz CT molecular complexity index is 1240. The van der Waals surface area contributed by atoms with Crippen molar-refractivity contribution in [3.8, 4) is 16.9 Å². The van der Waals surface area contributed by atoms with E-state index >= 15 is 0 Å². The zero-order chi connectivity index (χ0) is 25.1. The molecule has 1 N–H and O–H groups in total. The summed E-state index contributed by atoms with van der Waals surface area (Å²) >= 11 is 0. The van der Waals surface area contributed by atoms with Crippen molar-refractivity contribution in [1.82, 2.24) is 15.4 Å². The van der Waals surface area contributed by atoms with E-state index in [1.54, 1.807) is 17.0 Å². The van der Waals surface area contributed by atoms with Gasteiger partial charge in [0.2, 0.25) is 0 Å². The third kappa shape index (κ3) is 4.91. The van der Waals surface area contributed by atoms with Crippen LogP contribution in [-0.4, -0.2) is 41.9 Å². The number of hydrogen-bond acceptors (Lipinski definition) is 6. The summed E-state index contributed by atoms with van der Waals surface area (Å²) in [5.74, 6) is -0.168. The highest BCUT2D eigenvalue weighted by molar-refractivity contribution is 5.91. The third-order valence-electron chi connectivity index (χ3n) is 7.14. The van der Waals surface area contributed by atoms with Gasteiger partial charge in [-0.15, -0.1) is 0 Å². The fourth-order valence-corrected chi connectivity index (χ4v) is 4.94. The maximum absolute atomic E-state index is 14.9. The van der Waals surface area contributed by atoms with E-state index in [0.29, 0.717) is 24.3 Å². The molecule has 36 heavy (non-hydrogen) atoms. The second-order valence-electron chi connectivity index (χ2n) is 9.39. The van der Waals surface area contributed by atoms with Crippen molar-refractivity contribution in [3.05, 3.63) is 71.9 Å².